The van der Waals surface area contributed by atoms with Crippen LogP contribution in [0.25, 0.3) is 22.2 Å². The van der Waals surface area contributed by atoms with Crippen molar-refractivity contribution in [1.82, 2.24) is 9.55 Å². The van der Waals surface area contributed by atoms with Crippen molar-refractivity contribution < 1.29 is 14.3 Å². The number of carbonyl (C=O) groups is 1. The van der Waals surface area contributed by atoms with Gasteiger partial charge >= 0.3 is 5.97 Å². The van der Waals surface area contributed by atoms with E-state index in [1.54, 1.807) is 0 Å². The third-order valence-electron chi connectivity index (χ3n) is 6.20. The number of aromatic nitrogens is 2. The summed E-state index contributed by atoms with van der Waals surface area (Å²) < 4.78 is 13.8. The molecule has 0 spiro atoms. The van der Waals surface area contributed by atoms with Gasteiger partial charge in [-0.1, -0.05) is 37.6 Å². The van der Waals surface area contributed by atoms with Crippen molar-refractivity contribution in [3.8, 4) is 11.1 Å². The second kappa shape index (κ2) is 10.1. The van der Waals surface area contributed by atoms with Crippen molar-refractivity contribution in [2.75, 3.05) is 7.11 Å². The Balaban J connectivity index is 2.44. The Morgan fingerprint density at radius 1 is 1.12 bits per heavy atom. The minimum absolute atomic E-state index is 0.442. The largest absolute Gasteiger partial charge is 0.467 e. The Morgan fingerprint density at radius 2 is 1.74 bits per heavy atom. The highest BCUT2D eigenvalue weighted by molar-refractivity contribution is 6.30. The lowest BCUT2D eigenvalue weighted by Gasteiger charge is -2.29. The number of fused-ring (bicyclic) bond motifs is 1. The summed E-state index contributed by atoms with van der Waals surface area (Å²) in [5, 5.41) is 1.70. The van der Waals surface area contributed by atoms with E-state index in [4.69, 9.17) is 26.1 Å². The molecule has 1 atom stereocenters. The Kier molecular flexibility index (Phi) is 7.79. The lowest BCUT2D eigenvalue weighted by molar-refractivity contribution is -0.164. The molecule has 2 aromatic heterocycles. The van der Waals surface area contributed by atoms with Crippen LogP contribution in [-0.4, -0.2) is 28.2 Å². The van der Waals surface area contributed by atoms with Gasteiger partial charge in [-0.25, -0.2) is 9.78 Å². The summed E-state index contributed by atoms with van der Waals surface area (Å²) in [5.74, 6) is 0.139. The number of halogens is 1. The monoisotopic (exact) mass is 484 g/mol. The molecule has 3 aromatic rings. The molecule has 5 nitrogen and oxygen atoms in total. The third kappa shape index (κ3) is 5.31. The van der Waals surface area contributed by atoms with Crippen LogP contribution < -0.4 is 0 Å². The quantitative estimate of drug-likeness (QED) is 0.329. The molecule has 34 heavy (non-hydrogen) atoms. The van der Waals surface area contributed by atoms with Gasteiger partial charge in [-0.15, -0.1) is 0 Å². The van der Waals surface area contributed by atoms with Crippen LogP contribution in [0.4, 0.5) is 0 Å². The summed E-state index contributed by atoms with van der Waals surface area (Å²) in [5.41, 5.74) is 6.10. The number of rotatable bonds is 7. The Hall–Kier alpha value is -2.37. The molecule has 0 aliphatic heterocycles. The minimum atomic E-state index is -0.911. The minimum Gasteiger partial charge on any atom is -0.467 e. The lowest BCUT2D eigenvalue weighted by atomic mass is 9.91. The zero-order chi connectivity index (χ0) is 25.4. The van der Waals surface area contributed by atoms with E-state index in [9.17, 15) is 4.79 Å². The maximum atomic E-state index is 13.0. The van der Waals surface area contributed by atoms with Crippen molar-refractivity contribution >= 4 is 28.6 Å². The van der Waals surface area contributed by atoms with Crippen molar-refractivity contribution in [1.29, 1.82) is 0 Å². The van der Waals surface area contributed by atoms with Crippen LogP contribution in [0, 0.1) is 26.7 Å². The highest BCUT2D eigenvalue weighted by atomic mass is 35.5. The van der Waals surface area contributed by atoms with Crippen molar-refractivity contribution in [3.05, 3.63) is 51.8 Å². The fourth-order valence-corrected chi connectivity index (χ4v) is 4.50. The standard InChI is InChI=1S/C28H37ClN2O3/c1-16(2)14-15-31-19(5)17(3)22-24(20-10-12-21(29)13-11-20)23(18(4)30-26(22)31)25(27(32)33-9)34-28(6,7)8/h10-13,16,25H,14-15H2,1-9H3. The molecule has 0 saturated carbocycles. The number of aryl methyl sites for hydroxylation is 3. The van der Waals surface area contributed by atoms with Gasteiger partial charge in [0, 0.05) is 39.5 Å². The molecule has 3 rings (SSSR count). The smallest absolute Gasteiger partial charge is 0.339 e. The van der Waals surface area contributed by atoms with Gasteiger partial charge in [0.15, 0.2) is 6.10 Å². The van der Waals surface area contributed by atoms with Crippen LogP contribution in [0.3, 0.4) is 0 Å². The van der Waals surface area contributed by atoms with E-state index in [0.29, 0.717) is 10.9 Å². The molecule has 0 aliphatic rings. The number of benzene rings is 1. The van der Waals surface area contributed by atoms with Crippen LogP contribution in [0.1, 0.15) is 69.7 Å². The fourth-order valence-electron chi connectivity index (χ4n) is 4.38. The number of ether oxygens (including phenoxy) is 2. The Bertz CT molecular complexity index is 1190. The fraction of sp³-hybridized carbons (Fsp3) is 0.500. The molecule has 0 amide bonds. The van der Waals surface area contributed by atoms with Crippen molar-refractivity contribution in [2.45, 2.75) is 80.1 Å². The molecule has 1 aromatic carbocycles. The van der Waals surface area contributed by atoms with Gasteiger partial charge in [0.25, 0.3) is 0 Å². The highest BCUT2D eigenvalue weighted by Crippen LogP contribution is 2.42. The molecule has 0 aliphatic carbocycles. The predicted octanol–water partition coefficient (Wildman–Crippen LogP) is 7.36. The third-order valence-corrected chi connectivity index (χ3v) is 6.45. The van der Waals surface area contributed by atoms with E-state index < -0.39 is 17.7 Å². The first-order valence-corrected chi connectivity index (χ1v) is 12.2. The second-order valence-electron chi connectivity index (χ2n) is 10.4. The average molecular weight is 485 g/mol. The normalized spacial score (nSPS) is 13.0. The summed E-state index contributed by atoms with van der Waals surface area (Å²) in [6.45, 7) is 17.4. The van der Waals surface area contributed by atoms with Gasteiger partial charge < -0.3 is 14.0 Å². The first-order chi connectivity index (χ1) is 15.9. The van der Waals surface area contributed by atoms with Gasteiger partial charge in [0.05, 0.1) is 12.7 Å². The van der Waals surface area contributed by atoms with Crippen LogP contribution >= 0.6 is 11.6 Å². The van der Waals surface area contributed by atoms with Crippen LogP contribution in [0.15, 0.2) is 24.3 Å². The van der Waals surface area contributed by atoms with E-state index in [0.717, 1.165) is 51.9 Å². The Labute approximate surface area is 208 Å². The molecule has 0 saturated heterocycles. The average Bonchev–Trinajstić information content (AvgIpc) is 2.98. The van der Waals surface area contributed by atoms with Gasteiger partial charge in [0.2, 0.25) is 0 Å². The zero-order valence-electron chi connectivity index (χ0n) is 21.9. The number of nitrogens with zero attached hydrogens (tertiary/aromatic N) is 2. The van der Waals surface area contributed by atoms with E-state index in [1.807, 2.05) is 52.0 Å². The lowest BCUT2D eigenvalue weighted by Crippen LogP contribution is -2.29. The van der Waals surface area contributed by atoms with E-state index in [2.05, 4.69) is 32.3 Å². The first-order valence-electron chi connectivity index (χ1n) is 11.9. The molecule has 0 N–H and O–H groups in total. The van der Waals surface area contributed by atoms with Gasteiger partial charge in [-0.2, -0.15) is 0 Å². The number of pyridine rings is 1. The second-order valence-corrected chi connectivity index (χ2v) is 10.8. The molecule has 1 unspecified atom stereocenters. The molecule has 0 fully saturated rings. The number of carbonyl (C=O) groups excluding carboxylic acids is 1. The summed E-state index contributed by atoms with van der Waals surface area (Å²) in [6.07, 6.45) is 0.145. The van der Waals surface area contributed by atoms with Gasteiger partial charge in [-0.05, 0) is 77.1 Å². The number of methoxy groups -OCH3 is 1. The summed E-state index contributed by atoms with van der Waals surface area (Å²) in [7, 11) is 1.39. The zero-order valence-corrected chi connectivity index (χ0v) is 22.6. The van der Waals surface area contributed by atoms with Crippen molar-refractivity contribution in [3.63, 3.8) is 0 Å². The number of hydrogen-bond donors (Lipinski definition) is 0. The number of esters is 1. The maximum absolute atomic E-state index is 13.0. The van der Waals surface area contributed by atoms with Crippen molar-refractivity contribution in [2.24, 2.45) is 5.92 Å². The molecule has 6 heteroatoms. The van der Waals surface area contributed by atoms with Crippen LogP contribution in [0.5, 0.6) is 0 Å². The molecule has 2 heterocycles. The molecule has 0 radical (unpaired) electrons. The topological polar surface area (TPSA) is 53.4 Å². The number of hydrogen-bond acceptors (Lipinski definition) is 4. The van der Waals surface area contributed by atoms with Crippen LogP contribution in [-0.2, 0) is 20.8 Å². The molecule has 0 bridgehead atoms. The molecular formula is C28H37ClN2O3. The first kappa shape index (κ1) is 26.2. The summed E-state index contributed by atoms with van der Waals surface area (Å²) >= 11 is 6.23. The van der Waals surface area contributed by atoms with E-state index in [-0.39, 0.29) is 0 Å². The SMILES string of the molecule is COC(=O)C(OC(C)(C)C)c1c(C)nc2c(c(C)c(C)n2CCC(C)C)c1-c1ccc(Cl)cc1. The van der Waals surface area contributed by atoms with Crippen LogP contribution in [0.2, 0.25) is 5.02 Å². The molecule has 184 valence electrons. The molecular weight excluding hydrogens is 448 g/mol. The van der Waals surface area contributed by atoms with E-state index >= 15 is 0 Å². The maximum Gasteiger partial charge on any atom is 0.339 e. The predicted molar refractivity (Wildman–Crippen MR) is 139 cm³/mol. The summed E-state index contributed by atoms with van der Waals surface area (Å²) in [4.78, 5) is 18.1. The van der Waals surface area contributed by atoms with Gasteiger partial charge in [0.1, 0.15) is 5.65 Å². The summed E-state index contributed by atoms with van der Waals surface area (Å²) in [6, 6.07) is 7.73. The van der Waals surface area contributed by atoms with Gasteiger partial charge in [-0.3, -0.25) is 0 Å². The van der Waals surface area contributed by atoms with E-state index in [1.165, 1.54) is 12.8 Å². The highest BCUT2D eigenvalue weighted by Gasteiger charge is 2.34. The Morgan fingerprint density at radius 3 is 2.26 bits per heavy atom.